The van der Waals surface area contributed by atoms with E-state index >= 15 is 0 Å². The maximum absolute atomic E-state index is 12.5. The Morgan fingerprint density at radius 3 is 3.00 bits per heavy atom. The third kappa shape index (κ3) is 3.60. The zero-order valence-corrected chi connectivity index (χ0v) is 13.0. The van der Waals surface area contributed by atoms with E-state index in [-0.39, 0.29) is 17.5 Å². The van der Waals surface area contributed by atoms with Crippen LogP contribution < -0.4 is 5.32 Å². The highest BCUT2D eigenvalue weighted by Crippen LogP contribution is 2.20. The number of sulfonamides is 1. The van der Waals surface area contributed by atoms with Gasteiger partial charge in [-0.15, -0.1) is 0 Å². The number of hydrogen-bond acceptors (Lipinski definition) is 6. The van der Waals surface area contributed by atoms with Gasteiger partial charge in [-0.05, 0) is 19.9 Å². The quantitative estimate of drug-likeness (QED) is 0.731. The highest BCUT2D eigenvalue weighted by atomic mass is 32.2. The predicted octanol–water partition coefficient (Wildman–Crippen LogP) is -0.571. The van der Waals surface area contributed by atoms with E-state index in [1.807, 2.05) is 7.05 Å². The second kappa shape index (κ2) is 6.54. The average Bonchev–Trinajstić information content (AvgIpc) is 2.96. The molecule has 2 heterocycles. The summed E-state index contributed by atoms with van der Waals surface area (Å²) in [6.07, 6.45) is 4.40. The van der Waals surface area contributed by atoms with Crippen molar-refractivity contribution < 1.29 is 17.9 Å². The summed E-state index contributed by atoms with van der Waals surface area (Å²) in [5.41, 5.74) is 0. The van der Waals surface area contributed by atoms with E-state index in [9.17, 15) is 13.2 Å². The monoisotopic (exact) mass is 316 g/mol. The standard InChI is InChI=1S/C12H20N4O4S/c1-13-10-4-3-5-16(7-10)21(18,19)11-6-14-15(8-11)9-12(17)20-2/h6,8,10,13H,3-5,7,9H2,1-2H3. The third-order valence-corrected chi connectivity index (χ3v) is 5.38. The van der Waals surface area contributed by atoms with Crippen LogP contribution in [-0.2, 0) is 26.1 Å². The van der Waals surface area contributed by atoms with Crippen LogP contribution in [-0.4, -0.2) is 61.8 Å². The van der Waals surface area contributed by atoms with Gasteiger partial charge in [0.05, 0.1) is 13.3 Å². The van der Waals surface area contributed by atoms with E-state index in [4.69, 9.17) is 0 Å². The van der Waals surface area contributed by atoms with E-state index in [0.29, 0.717) is 13.1 Å². The van der Waals surface area contributed by atoms with Crippen LogP contribution in [0.5, 0.6) is 0 Å². The van der Waals surface area contributed by atoms with Crippen molar-refractivity contribution in [1.29, 1.82) is 0 Å². The molecule has 1 N–H and O–H groups in total. The molecule has 2 rings (SSSR count). The number of piperidine rings is 1. The van der Waals surface area contributed by atoms with Crippen LogP contribution in [0, 0.1) is 0 Å². The van der Waals surface area contributed by atoms with Crippen molar-refractivity contribution in [1.82, 2.24) is 19.4 Å². The number of carbonyl (C=O) groups is 1. The molecule has 0 saturated carbocycles. The van der Waals surface area contributed by atoms with E-state index in [2.05, 4.69) is 15.2 Å². The lowest BCUT2D eigenvalue weighted by atomic mass is 10.1. The summed E-state index contributed by atoms with van der Waals surface area (Å²) in [5, 5.41) is 7.01. The Morgan fingerprint density at radius 1 is 1.57 bits per heavy atom. The maximum Gasteiger partial charge on any atom is 0.327 e. The Balaban J connectivity index is 2.14. The van der Waals surface area contributed by atoms with Crippen LogP contribution in [0.15, 0.2) is 17.3 Å². The number of carbonyl (C=O) groups excluding carboxylic acids is 1. The smallest absolute Gasteiger partial charge is 0.327 e. The molecule has 0 bridgehead atoms. The number of hydrogen-bond donors (Lipinski definition) is 1. The maximum atomic E-state index is 12.5. The molecule has 118 valence electrons. The Morgan fingerprint density at radius 2 is 2.33 bits per heavy atom. The summed E-state index contributed by atoms with van der Waals surface area (Å²) in [6.45, 7) is 0.842. The van der Waals surface area contributed by atoms with Crippen LogP contribution in [0.2, 0.25) is 0 Å². The molecule has 0 aliphatic carbocycles. The number of esters is 1. The van der Waals surface area contributed by atoms with Crippen molar-refractivity contribution >= 4 is 16.0 Å². The number of methoxy groups -OCH3 is 1. The first-order chi connectivity index (χ1) is 9.97. The highest BCUT2D eigenvalue weighted by Gasteiger charge is 2.30. The molecule has 1 aliphatic heterocycles. The van der Waals surface area contributed by atoms with Gasteiger partial charge in [0.1, 0.15) is 11.4 Å². The number of likely N-dealkylation sites (N-methyl/N-ethyl adjacent to an activating group) is 1. The van der Waals surface area contributed by atoms with Gasteiger partial charge >= 0.3 is 5.97 Å². The summed E-state index contributed by atoms with van der Waals surface area (Å²) in [7, 11) is -0.467. The van der Waals surface area contributed by atoms with Crippen molar-refractivity contribution in [2.24, 2.45) is 0 Å². The van der Waals surface area contributed by atoms with Gasteiger partial charge in [0.25, 0.3) is 0 Å². The SMILES string of the molecule is CNC1CCCN(S(=O)(=O)c2cnn(CC(=O)OC)c2)C1. The Hall–Kier alpha value is -1.45. The molecule has 0 amide bonds. The number of ether oxygens (including phenoxy) is 1. The molecular formula is C12H20N4O4S. The second-order valence-electron chi connectivity index (χ2n) is 4.94. The summed E-state index contributed by atoms with van der Waals surface area (Å²) >= 11 is 0. The van der Waals surface area contributed by atoms with Gasteiger partial charge in [0.2, 0.25) is 10.0 Å². The average molecular weight is 316 g/mol. The van der Waals surface area contributed by atoms with E-state index in [1.54, 1.807) is 0 Å². The van der Waals surface area contributed by atoms with Crippen LogP contribution >= 0.6 is 0 Å². The fraction of sp³-hybridized carbons (Fsp3) is 0.667. The molecule has 1 atom stereocenters. The summed E-state index contributed by atoms with van der Waals surface area (Å²) < 4.78 is 32.3. The van der Waals surface area contributed by atoms with Crippen molar-refractivity contribution in [2.75, 3.05) is 27.2 Å². The zero-order valence-electron chi connectivity index (χ0n) is 12.2. The lowest BCUT2D eigenvalue weighted by Gasteiger charge is -2.31. The van der Waals surface area contributed by atoms with Crippen LogP contribution in [0.25, 0.3) is 0 Å². The molecule has 1 aromatic heterocycles. The van der Waals surface area contributed by atoms with Crippen molar-refractivity contribution in [3.05, 3.63) is 12.4 Å². The molecule has 0 aromatic carbocycles. The van der Waals surface area contributed by atoms with Crippen molar-refractivity contribution in [3.63, 3.8) is 0 Å². The summed E-state index contributed by atoms with van der Waals surface area (Å²) in [6, 6.07) is 0.165. The minimum Gasteiger partial charge on any atom is -0.468 e. The third-order valence-electron chi connectivity index (χ3n) is 3.56. The molecule has 1 fully saturated rings. The van der Waals surface area contributed by atoms with Crippen LogP contribution in [0.3, 0.4) is 0 Å². The molecule has 1 aromatic rings. The first kappa shape index (κ1) is 15.9. The van der Waals surface area contributed by atoms with E-state index in [0.717, 1.165) is 12.8 Å². The first-order valence-electron chi connectivity index (χ1n) is 6.74. The van der Waals surface area contributed by atoms with Gasteiger partial charge in [-0.1, -0.05) is 0 Å². The predicted molar refractivity (Wildman–Crippen MR) is 75.1 cm³/mol. The molecule has 1 unspecified atom stereocenters. The number of rotatable bonds is 5. The fourth-order valence-electron chi connectivity index (χ4n) is 2.31. The summed E-state index contributed by atoms with van der Waals surface area (Å²) in [4.78, 5) is 11.3. The van der Waals surface area contributed by atoms with Gasteiger partial charge in [0.15, 0.2) is 0 Å². The Labute approximate surface area is 124 Å². The fourth-order valence-corrected chi connectivity index (χ4v) is 3.79. The van der Waals surface area contributed by atoms with Gasteiger partial charge in [-0.3, -0.25) is 9.48 Å². The second-order valence-corrected chi connectivity index (χ2v) is 6.88. The Bertz CT molecular complexity index is 598. The molecular weight excluding hydrogens is 296 g/mol. The highest BCUT2D eigenvalue weighted by molar-refractivity contribution is 7.89. The van der Waals surface area contributed by atoms with Crippen LogP contribution in [0.1, 0.15) is 12.8 Å². The summed E-state index contributed by atoms with van der Waals surface area (Å²) in [5.74, 6) is -0.477. The molecule has 1 saturated heterocycles. The van der Waals surface area contributed by atoms with E-state index in [1.165, 1.54) is 28.5 Å². The van der Waals surface area contributed by atoms with Gasteiger partial charge in [-0.25, -0.2) is 8.42 Å². The lowest BCUT2D eigenvalue weighted by molar-refractivity contribution is -0.141. The zero-order chi connectivity index (χ0) is 15.5. The van der Waals surface area contributed by atoms with Gasteiger partial charge < -0.3 is 10.1 Å². The molecule has 9 heteroatoms. The van der Waals surface area contributed by atoms with Crippen molar-refractivity contribution in [2.45, 2.75) is 30.3 Å². The number of aromatic nitrogens is 2. The minimum absolute atomic E-state index is 0.100. The van der Waals surface area contributed by atoms with E-state index < -0.39 is 16.0 Å². The van der Waals surface area contributed by atoms with Crippen LogP contribution in [0.4, 0.5) is 0 Å². The molecule has 1 aliphatic rings. The first-order valence-corrected chi connectivity index (χ1v) is 8.18. The van der Waals surface area contributed by atoms with Gasteiger partial charge in [0, 0.05) is 25.3 Å². The van der Waals surface area contributed by atoms with Crippen molar-refractivity contribution in [3.8, 4) is 0 Å². The topological polar surface area (TPSA) is 93.5 Å². The normalized spacial score (nSPS) is 20.4. The van der Waals surface area contributed by atoms with Gasteiger partial charge in [-0.2, -0.15) is 9.40 Å². The number of nitrogens with zero attached hydrogens (tertiary/aromatic N) is 3. The molecule has 0 spiro atoms. The minimum atomic E-state index is -3.57. The lowest BCUT2D eigenvalue weighted by Crippen LogP contribution is -2.46. The number of nitrogens with one attached hydrogen (secondary N) is 1. The molecule has 0 radical (unpaired) electrons. The largest absolute Gasteiger partial charge is 0.468 e. The molecule has 8 nitrogen and oxygen atoms in total. The Kier molecular flexibility index (Phi) is 4.96. The molecule has 21 heavy (non-hydrogen) atoms.